The molecule has 1 fully saturated rings. The number of nitrogens with one attached hydrogen (secondary N) is 1. The Balaban J connectivity index is 1.94. The van der Waals surface area contributed by atoms with Crippen LogP contribution in [-0.4, -0.2) is 41.2 Å². The van der Waals surface area contributed by atoms with E-state index in [1.165, 1.54) is 0 Å². The lowest BCUT2D eigenvalue weighted by Gasteiger charge is -2.25. The van der Waals surface area contributed by atoms with Crippen molar-refractivity contribution in [2.45, 2.75) is 20.4 Å². The summed E-state index contributed by atoms with van der Waals surface area (Å²) in [5.74, 6) is 0.751. The van der Waals surface area contributed by atoms with Crippen LogP contribution in [0.15, 0.2) is 4.79 Å². The Kier molecular flexibility index (Phi) is 3.38. The lowest BCUT2D eigenvalue weighted by Crippen LogP contribution is -2.36. The highest BCUT2D eigenvalue weighted by atomic mass is 32.1. The van der Waals surface area contributed by atoms with E-state index in [2.05, 4.69) is 14.9 Å². The second kappa shape index (κ2) is 5.03. The summed E-state index contributed by atoms with van der Waals surface area (Å²) in [4.78, 5) is 23.9. The number of thiophene rings is 1. The van der Waals surface area contributed by atoms with E-state index >= 15 is 0 Å². The molecule has 0 bridgehead atoms. The summed E-state index contributed by atoms with van der Waals surface area (Å²) in [6, 6.07) is 0. The topological polar surface area (TPSA) is 58.2 Å². The van der Waals surface area contributed by atoms with Crippen LogP contribution >= 0.6 is 11.3 Å². The average Bonchev–Trinajstić information content (AvgIpc) is 2.66. The predicted octanol–water partition coefficient (Wildman–Crippen LogP) is 1.43. The van der Waals surface area contributed by atoms with E-state index in [4.69, 9.17) is 4.74 Å². The highest BCUT2D eigenvalue weighted by molar-refractivity contribution is 7.18. The Morgan fingerprint density at radius 2 is 2.11 bits per heavy atom. The lowest BCUT2D eigenvalue weighted by molar-refractivity contribution is 0.0331. The number of aromatic nitrogens is 2. The van der Waals surface area contributed by atoms with Crippen LogP contribution in [0.4, 0.5) is 0 Å². The first-order chi connectivity index (χ1) is 9.15. The monoisotopic (exact) mass is 279 g/mol. The third-order valence-electron chi connectivity index (χ3n) is 3.57. The summed E-state index contributed by atoms with van der Waals surface area (Å²) in [5.41, 5.74) is 1.03. The average molecular weight is 279 g/mol. The van der Waals surface area contributed by atoms with Crippen LogP contribution in [0.2, 0.25) is 0 Å². The number of hydrogen-bond acceptors (Lipinski definition) is 5. The van der Waals surface area contributed by atoms with Gasteiger partial charge in [-0.1, -0.05) is 0 Å². The minimum Gasteiger partial charge on any atom is -0.379 e. The second-order valence-electron chi connectivity index (χ2n) is 4.86. The number of aromatic amines is 1. The molecule has 3 rings (SSSR count). The maximum absolute atomic E-state index is 12.1. The molecular weight excluding hydrogens is 262 g/mol. The van der Waals surface area contributed by atoms with Gasteiger partial charge in [-0.05, 0) is 19.4 Å². The molecule has 2 aromatic rings. The number of ether oxygens (including phenoxy) is 1. The van der Waals surface area contributed by atoms with Gasteiger partial charge < -0.3 is 9.72 Å². The van der Waals surface area contributed by atoms with Crippen molar-refractivity contribution in [2.24, 2.45) is 0 Å². The molecule has 1 N–H and O–H groups in total. The van der Waals surface area contributed by atoms with E-state index in [1.807, 2.05) is 13.8 Å². The molecule has 0 radical (unpaired) electrons. The Morgan fingerprint density at radius 1 is 1.37 bits per heavy atom. The fourth-order valence-corrected chi connectivity index (χ4v) is 3.39. The zero-order chi connectivity index (χ0) is 13.4. The SMILES string of the molecule is Cc1sc2nc(CN3CCOCC3)[nH]c(=O)c2c1C. The highest BCUT2D eigenvalue weighted by Crippen LogP contribution is 2.25. The molecule has 0 aromatic carbocycles. The van der Waals surface area contributed by atoms with Crippen LogP contribution in [0.3, 0.4) is 0 Å². The Morgan fingerprint density at radius 3 is 2.84 bits per heavy atom. The molecule has 6 heteroatoms. The molecule has 0 unspecified atom stereocenters. The fraction of sp³-hybridized carbons (Fsp3) is 0.538. The van der Waals surface area contributed by atoms with E-state index in [-0.39, 0.29) is 5.56 Å². The molecule has 19 heavy (non-hydrogen) atoms. The van der Waals surface area contributed by atoms with Crippen LogP contribution in [0.1, 0.15) is 16.3 Å². The standard InChI is InChI=1S/C13H17N3O2S/c1-8-9(2)19-13-11(8)12(17)14-10(15-13)7-16-3-5-18-6-4-16/h3-7H2,1-2H3,(H,14,15,17). The fourth-order valence-electron chi connectivity index (χ4n) is 2.35. The Bertz CT molecular complexity index is 656. The van der Waals surface area contributed by atoms with Gasteiger partial charge in [-0.15, -0.1) is 11.3 Å². The van der Waals surface area contributed by atoms with Crippen molar-refractivity contribution in [1.29, 1.82) is 0 Å². The van der Waals surface area contributed by atoms with Crippen LogP contribution in [0.25, 0.3) is 10.2 Å². The minimum absolute atomic E-state index is 0.0184. The van der Waals surface area contributed by atoms with Crippen molar-refractivity contribution in [3.05, 3.63) is 26.6 Å². The van der Waals surface area contributed by atoms with E-state index in [1.54, 1.807) is 11.3 Å². The number of hydrogen-bond donors (Lipinski definition) is 1. The van der Waals surface area contributed by atoms with Crippen molar-refractivity contribution in [3.8, 4) is 0 Å². The van der Waals surface area contributed by atoms with Crippen LogP contribution in [0, 0.1) is 13.8 Å². The van der Waals surface area contributed by atoms with Gasteiger partial charge in [0.05, 0.1) is 25.1 Å². The lowest BCUT2D eigenvalue weighted by atomic mass is 10.2. The number of nitrogens with zero attached hydrogens (tertiary/aromatic N) is 2. The van der Waals surface area contributed by atoms with Crippen molar-refractivity contribution in [3.63, 3.8) is 0 Å². The zero-order valence-corrected chi connectivity index (χ0v) is 12.0. The smallest absolute Gasteiger partial charge is 0.259 e. The van der Waals surface area contributed by atoms with E-state index < -0.39 is 0 Å². The van der Waals surface area contributed by atoms with Crippen molar-refractivity contribution in [2.75, 3.05) is 26.3 Å². The summed E-state index contributed by atoms with van der Waals surface area (Å²) in [5, 5.41) is 0.744. The highest BCUT2D eigenvalue weighted by Gasteiger charge is 2.15. The summed E-state index contributed by atoms with van der Waals surface area (Å²) in [7, 11) is 0. The van der Waals surface area contributed by atoms with Gasteiger partial charge in [0, 0.05) is 18.0 Å². The summed E-state index contributed by atoms with van der Waals surface area (Å²) in [6.45, 7) is 7.99. The Hall–Kier alpha value is -1.24. The third-order valence-corrected chi connectivity index (χ3v) is 4.67. The number of rotatable bonds is 2. The first-order valence-corrected chi connectivity index (χ1v) is 7.26. The van der Waals surface area contributed by atoms with E-state index in [0.717, 1.165) is 52.8 Å². The Labute approximate surface area is 115 Å². The van der Waals surface area contributed by atoms with Crippen molar-refractivity contribution in [1.82, 2.24) is 14.9 Å². The van der Waals surface area contributed by atoms with Gasteiger partial charge in [-0.25, -0.2) is 4.98 Å². The maximum atomic E-state index is 12.1. The van der Waals surface area contributed by atoms with Crippen LogP contribution in [-0.2, 0) is 11.3 Å². The summed E-state index contributed by atoms with van der Waals surface area (Å²) in [6.07, 6.45) is 0. The third kappa shape index (κ3) is 2.43. The largest absolute Gasteiger partial charge is 0.379 e. The first-order valence-electron chi connectivity index (χ1n) is 6.44. The molecule has 0 atom stereocenters. The summed E-state index contributed by atoms with van der Waals surface area (Å²) < 4.78 is 5.32. The summed E-state index contributed by atoms with van der Waals surface area (Å²) >= 11 is 1.59. The number of morpholine rings is 1. The molecule has 1 aliphatic rings. The molecule has 0 saturated carbocycles. The molecule has 1 saturated heterocycles. The molecule has 2 aromatic heterocycles. The number of fused-ring (bicyclic) bond motifs is 1. The zero-order valence-electron chi connectivity index (χ0n) is 11.2. The molecule has 3 heterocycles. The van der Waals surface area contributed by atoms with E-state index in [0.29, 0.717) is 6.54 Å². The predicted molar refractivity (Wildman–Crippen MR) is 75.8 cm³/mol. The van der Waals surface area contributed by atoms with Gasteiger partial charge in [0.2, 0.25) is 0 Å². The van der Waals surface area contributed by atoms with E-state index in [9.17, 15) is 4.79 Å². The molecule has 0 amide bonds. The molecule has 0 spiro atoms. The van der Waals surface area contributed by atoms with Crippen LogP contribution < -0.4 is 5.56 Å². The molecule has 1 aliphatic heterocycles. The molecular formula is C13H17N3O2S. The second-order valence-corrected chi connectivity index (χ2v) is 6.07. The molecule has 102 valence electrons. The van der Waals surface area contributed by atoms with Gasteiger partial charge in [0.1, 0.15) is 10.7 Å². The van der Waals surface area contributed by atoms with Gasteiger partial charge in [0.25, 0.3) is 5.56 Å². The molecule has 0 aliphatic carbocycles. The van der Waals surface area contributed by atoms with Gasteiger partial charge >= 0.3 is 0 Å². The maximum Gasteiger partial charge on any atom is 0.259 e. The van der Waals surface area contributed by atoms with Gasteiger partial charge in [-0.2, -0.15) is 0 Å². The van der Waals surface area contributed by atoms with Crippen molar-refractivity contribution >= 4 is 21.6 Å². The van der Waals surface area contributed by atoms with Gasteiger partial charge in [-0.3, -0.25) is 9.69 Å². The quantitative estimate of drug-likeness (QED) is 0.903. The first kappa shape index (κ1) is 12.8. The number of aryl methyl sites for hydroxylation is 2. The normalized spacial score (nSPS) is 17.2. The van der Waals surface area contributed by atoms with Gasteiger partial charge in [0.15, 0.2) is 0 Å². The van der Waals surface area contributed by atoms with Crippen LogP contribution in [0.5, 0.6) is 0 Å². The molecule has 5 nitrogen and oxygen atoms in total. The van der Waals surface area contributed by atoms with Crippen molar-refractivity contribution < 1.29 is 4.74 Å². The minimum atomic E-state index is -0.0184. The number of H-pyrrole nitrogens is 1.